The minimum absolute atomic E-state index is 0.00779. The first-order valence-corrected chi connectivity index (χ1v) is 4.90. The SMILES string of the molecule is CNC(=O)c1ncc(CNCCO)cc1O. The number of aromatic hydroxyl groups is 1. The van der Waals surface area contributed by atoms with Crippen LogP contribution in [0.5, 0.6) is 5.75 Å². The molecule has 6 heteroatoms. The van der Waals surface area contributed by atoms with E-state index < -0.39 is 5.91 Å². The van der Waals surface area contributed by atoms with Gasteiger partial charge in [-0.05, 0) is 11.6 Å². The Morgan fingerprint density at radius 1 is 1.56 bits per heavy atom. The van der Waals surface area contributed by atoms with Crippen LogP contribution < -0.4 is 10.6 Å². The van der Waals surface area contributed by atoms with Crippen molar-refractivity contribution in [1.82, 2.24) is 15.6 Å². The number of amides is 1. The van der Waals surface area contributed by atoms with E-state index in [2.05, 4.69) is 15.6 Å². The number of nitrogens with zero attached hydrogens (tertiary/aromatic N) is 1. The molecule has 0 saturated heterocycles. The molecule has 0 aliphatic heterocycles. The monoisotopic (exact) mass is 225 g/mol. The van der Waals surface area contributed by atoms with Crippen molar-refractivity contribution in [2.45, 2.75) is 6.54 Å². The summed E-state index contributed by atoms with van der Waals surface area (Å²) >= 11 is 0. The molecule has 88 valence electrons. The lowest BCUT2D eigenvalue weighted by Gasteiger charge is -2.06. The second kappa shape index (κ2) is 6.04. The number of rotatable bonds is 5. The van der Waals surface area contributed by atoms with Crippen molar-refractivity contribution < 1.29 is 15.0 Å². The van der Waals surface area contributed by atoms with Crippen LogP contribution in [-0.4, -0.2) is 41.3 Å². The van der Waals surface area contributed by atoms with Crippen molar-refractivity contribution >= 4 is 5.91 Å². The normalized spacial score (nSPS) is 10.1. The van der Waals surface area contributed by atoms with Gasteiger partial charge in [0, 0.05) is 26.3 Å². The standard InChI is InChI=1S/C10H15N3O3/c1-11-10(16)9-8(15)4-7(6-13-9)5-12-2-3-14/h4,6,12,14-15H,2-3,5H2,1H3,(H,11,16). The lowest BCUT2D eigenvalue weighted by Crippen LogP contribution is -2.20. The highest BCUT2D eigenvalue weighted by molar-refractivity contribution is 5.94. The lowest BCUT2D eigenvalue weighted by atomic mass is 10.2. The third kappa shape index (κ3) is 3.18. The average molecular weight is 225 g/mol. The molecule has 4 N–H and O–H groups in total. The van der Waals surface area contributed by atoms with Crippen molar-refractivity contribution in [3.8, 4) is 5.75 Å². The van der Waals surface area contributed by atoms with Crippen molar-refractivity contribution in [2.24, 2.45) is 0 Å². The van der Waals surface area contributed by atoms with Gasteiger partial charge in [0.25, 0.3) is 5.91 Å². The van der Waals surface area contributed by atoms with Gasteiger partial charge in [0.1, 0.15) is 5.75 Å². The molecule has 0 atom stereocenters. The van der Waals surface area contributed by atoms with Gasteiger partial charge in [-0.3, -0.25) is 4.79 Å². The first-order chi connectivity index (χ1) is 7.69. The summed E-state index contributed by atoms with van der Waals surface area (Å²) in [6.45, 7) is 1.00. The fourth-order valence-corrected chi connectivity index (χ4v) is 1.20. The van der Waals surface area contributed by atoms with E-state index in [1.165, 1.54) is 19.3 Å². The van der Waals surface area contributed by atoms with Crippen LogP contribution in [0.2, 0.25) is 0 Å². The predicted octanol–water partition coefficient (Wildman–Crippen LogP) is -0.771. The summed E-state index contributed by atoms with van der Waals surface area (Å²) < 4.78 is 0. The Balaban J connectivity index is 2.71. The third-order valence-electron chi connectivity index (χ3n) is 1.98. The molecule has 1 amide bonds. The molecule has 1 heterocycles. The zero-order chi connectivity index (χ0) is 12.0. The van der Waals surface area contributed by atoms with Gasteiger partial charge in [-0.15, -0.1) is 0 Å². The van der Waals surface area contributed by atoms with Crippen molar-refractivity contribution in [2.75, 3.05) is 20.2 Å². The van der Waals surface area contributed by atoms with E-state index >= 15 is 0 Å². The summed E-state index contributed by atoms with van der Waals surface area (Å²) in [4.78, 5) is 15.1. The van der Waals surface area contributed by atoms with E-state index in [1.807, 2.05) is 0 Å². The van der Waals surface area contributed by atoms with Crippen LogP contribution >= 0.6 is 0 Å². The summed E-state index contributed by atoms with van der Waals surface area (Å²) in [7, 11) is 1.47. The van der Waals surface area contributed by atoms with E-state index in [9.17, 15) is 9.90 Å². The number of carbonyl (C=O) groups is 1. The number of aliphatic hydroxyl groups excluding tert-OH is 1. The number of aliphatic hydroxyl groups is 1. The number of pyridine rings is 1. The number of nitrogens with one attached hydrogen (secondary N) is 2. The maximum atomic E-state index is 11.2. The molecule has 16 heavy (non-hydrogen) atoms. The molecule has 6 nitrogen and oxygen atoms in total. The van der Waals surface area contributed by atoms with Crippen LogP contribution in [0.3, 0.4) is 0 Å². The Kier molecular flexibility index (Phi) is 4.68. The largest absolute Gasteiger partial charge is 0.505 e. The topological polar surface area (TPSA) is 94.5 Å². The number of hydrogen-bond acceptors (Lipinski definition) is 5. The zero-order valence-corrected chi connectivity index (χ0v) is 9.03. The molecule has 0 saturated carbocycles. The van der Waals surface area contributed by atoms with E-state index in [4.69, 9.17) is 5.11 Å². The summed E-state index contributed by atoms with van der Waals surface area (Å²) in [5.41, 5.74) is 0.756. The molecular formula is C10H15N3O3. The molecule has 0 spiro atoms. The Bertz CT molecular complexity index is 368. The summed E-state index contributed by atoms with van der Waals surface area (Å²) in [5.74, 6) is -0.574. The number of hydrogen-bond donors (Lipinski definition) is 4. The van der Waals surface area contributed by atoms with Gasteiger partial charge in [0.2, 0.25) is 0 Å². The molecule has 0 radical (unpaired) electrons. The average Bonchev–Trinajstić information content (AvgIpc) is 2.29. The van der Waals surface area contributed by atoms with Crippen molar-refractivity contribution in [1.29, 1.82) is 0 Å². The van der Waals surface area contributed by atoms with Crippen LogP contribution in [-0.2, 0) is 6.54 Å². The maximum absolute atomic E-state index is 11.2. The second-order valence-corrected chi connectivity index (χ2v) is 3.19. The molecule has 1 rings (SSSR count). The zero-order valence-electron chi connectivity index (χ0n) is 9.03. The Morgan fingerprint density at radius 3 is 2.88 bits per heavy atom. The smallest absolute Gasteiger partial charge is 0.273 e. The van der Waals surface area contributed by atoms with Crippen LogP contribution in [0.15, 0.2) is 12.3 Å². The molecule has 1 aromatic heterocycles. The van der Waals surface area contributed by atoms with Gasteiger partial charge in [-0.25, -0.2) is 4.98 Å². The van der Waals surface area contributed by atoms with Gasteiger partial charge in [0.05, 0.1) is 6.61 Å². The molecule has 0 aliphatic carbocycles. The molecule has 0 aliphatic rings. The Morgan fingerprint density at radius 2 is 2.31 bits per heavy atom. The first kappa shape index (κ1) is 12.4. The molecule has 0 bridgehead atoms. The van der Waals surface area contributed by atoms with Crippen molar-refractivity contribution in [3.63, 3.8) is 0 Å². The second-order valence-electron chi connectivity index (χ2n) is 3.19. The highest BCUT2D eigenvalue weighted by Gasteiger charge is 2.11. The highest BCUT2D eigenvalue weighted by atomic mass is 16.3. The molecular weight excluding hydrogens is 210 g/mol. The molecule has 0 unspecified atom stereocenters. The fraction of sp³-hybridized carbons (Fsp3) is 0.400. The third-order valence-corrected chi connectivity index (χ3v) is 1.98. The minimum Gasteiger partial charge on any atom is -0.505 e. The quantitative estimate of drug-likeness (QED) is 0.494. The van der Waals surface area contributed by atoms with Gasteiger partial charge in [-0.2, -0.15) is 0 Å². The van der Waals surface area contributed by atoms with Crippen molar-refractivity contribution in [3.05, 3.63) is 23.5 Å². The summed E-state index contributed by atoms with van der Waals surface area (Å²) in [5, 5.41) is 23.4. The molecule has 0 fully saturated rings. The van der Waals surface area contributed by atoms with Gasteiger partial charge in [-0.1, -0.05) is 0 Å². The summed E-state index contributed by atoms with van der Waals surface area (Å²) in [6.07, 6.45) is 1.51. The molecule has 1 aromatic rings. The fourth-order valence-electron chi connectivity index (χ4n) is 1.20. The Hall–Kier alpha value is -1.66. The van der Waals surface area contributed by atoms with Gasteiger partial charge in [0.15, 0.2) is 5.69 Å². The van der Waals surface area contributed by atoms with Gasteiger partial charge < -0.3 is 20.8 Å². The van der Waals surface area contributed by atoms with E-state index in [0.29, 0.717) is 13.1 Å². The van der Waals surface area contributed by atoms with Crippen LogP contribution in [0.1, 0.15) is 16.1 Å². The number of aromatic nitrogens is 1. The lowest BCUT2D eigenvalue weighted by molar-refractivity contribution is 0.0955. The van der Waals surface area contributed by atoms with Gasteiger partial charge >= 0.3 is 0 Å². The molecule has 0 aromatic carbocycles. The predicted molar refractivity (Wildman–Crippen MR) is 58.1 cm³/mol. The van der Waals surface area contributed by atoms with E-state index in [0.717, 1.165) is 5.56 Å². The van der Waals surface area contributed by atoms with Crippen LogP contribution in [0.25, 0.3) is 0 Å². The minimum atomic E-state index is -0.424. The van der Waals surface area contributed by atoms with Crippen LogP contribution in [0, 0.1) is 0 Å². The summed E-state index contributed by atoms with van der Waals surface area (Å²) in [6, 6.07) is 1.47. The Labute approximate surface area is 93.3 Å². The first-order valence-electron chi connectivity index (χ1n) is 4.90. The maximum Gasteiger partial charge on any atom is 0.273 e. The number of carbonyl (C=O) groups excluding carboxylic acids is 1. The van der Waals surface area contributed by atoms with Crippen LogP contribution in [0.4, 0.5) is 0 Å². The van der Waals surface area contributed by atoms with E-state index in [1.54, 1.807) is 0 Å². The van der Waals surface area contributed by atoms with E-state index in [-0.39, 0.29) is 18.1 Å². The highest BCUT2D eigenvalue weighted by Crippen LogP contribution is 2.15.